The van der Waals surface area contributed by atoms with Crippen molar-refractivity contribution in [1.82, 2.24) is 19.8 Å². The van der Waals surface area contributed by atoms with Crippen LogP contribution in [0.1, 0.15) is 16.2 Å². The highest BCUT2D eigenvalue weighted by atomic mass is 35.5. The molecule has 0 saturated carbocycles. The summed E-state index contributed by atoms with van der Waals surface area (Å²) in [6.07, 6.45) is 0. The number of fused-ring (bicyclic) bond motifs is 1. The summed E-state index contributed by atoms with van der Waals surface area (Å²) in [5.41, 5.74) is 2.25. The van der Waals surface area contributed by atoms with Gasteiger partial charge in [-0.15, -0.1) is 10.2 Å². The van der Waals surface area contributed by atoms with Gasteiger partial charge in [-0.05, 0) is 43.3 Å². The molecular formula is C19H13ClN6O3. The summed E-state index contributed by atoms with van der Waals surface area (Å²) in [4.78, 5) is 23.0. The minimum absolute atomic E-state index is 0.109. The Bertz CT molecular complexity index is 1250. The Hall–Kier alpha value is -3.85. The van der Waals surface area contributed by atoms with E-state index in [0.29, 0.717) is 22.9 Å². The number of nitrogens with zero attached hydrogens (tertiary/aromatic N) is 5. The van der Waals surface area contributed by atoms with Gasteiger partial charge in [0.05, 0.1) is 10.6 Å². The van der Waals surface area contributed by atoms with E-state index in [1.165, 1.54) is 18.2 Å². The lowest BCUT2D eigenvalue weighted by Crippen LogP contribution is -2.14. The van der Waals surface area contributed by atoms with Gasteiger partial charge in [-0.25, -0.2) is 0 Å². The van der Waals surface area contributed by atoms with Gasteiger partial charge in [-0.1, -0.05) is 23.7 Å². The standard InChI is InChI=1S/C19H13ClN6O3/c1-11-22-23-18-9-7-16(24-25(11)18)12-2-5-14(6-3-12)21-19(27)15-10-13(20)4-8-17(15)26(28)29/h2-10H,1H3,(H,21,27). The Balaban J connectivity index is 1.58. The fourth-order valence-electron chi connectivity index (χ4n) is 2.82. The molecule has 29 heavy (non-hydrogen) atoms. The van der Waals surface area contributed by atoms with Crippen LogP contribution in [0, 0.1) is 17.0 Å². The lowest BCUT2D eigenvalue weighted by molar-refractivity contribution is -0.385. The number of rotatable bonds is 4. The van der Waals surface area contributed by atoms with Gasteiger partial charge in [-0.3, -0.25) is 14.9 Å². The molecule has 2 heterocycles. The van der Waals surface area contributed by atoms with Crippen LogP contribution < -0.4 is 5.32 Å². The van der Waals surface area contributed by atoms with Gasteiger partial charge in [-0.2, -0.15) is 9.61 Å². The highest BCUT2D eigenvalue weighted by molar-refractivity contribution is 6.31. The van der Waals surface area contributed by atoms with Gasteiger partial charge in [0.25, 0.3) is 11.6 Å². The van der Waals surface area contributed by atoms with Gasteiger partial charge in [0.15, 0.2) is 11.5 Å². The van der Waals surface area contributed by atoms with Gasteiger partial charge >= 0.3 is 0 Å². The molecule has 4 aromatic rings. The molecule has 0 fully saturated rings. The zero-order valence-corrected chi connectivity index (χ0v) is 15.8. The number of halogens is 1. The summed E-state index contributed by atoms with van der Waals surface area (Å²) >= 11 is 5.88. The van der Waals surface area contributed by atoms with E-state index in [-0.39, 0.29) is 16.3 Å². The van der Waals surface area contributed by atoms with Gasteiger partial charge < -0.3 is 5.32 Å². The first kappa shape index (κ1) is 18.5. The van der Waals surface area contributed by atoms with Crippen LogP contribution in [0.5, 0.6) is 0 Å². The second-order valence-electron chi connectivity index (χ2n) is 6.19. The van der Waals surface area contributed by atoms with Gasteiger partial charge in [0.1, 0.15) is 5.56 Å². The molecular weight excluding hydrogens is 396 g/mol. The molecule has 10 heteroatoms. The third-order valence-electron chi connectivity index (χ3n) is 4.26. The minimum Gasteiger partial charge on any atom is -0.322 e. The molecule has 0 aliphatic rings. The van der Waals surface area contributed by atoms with Crippen molar-refractivity contribution in [1.29, 1.82) is 0 Å². The fraction of sp³-hybridized carbons (Fsp3) is 0.0526. The van der Waals surface area contributed by atoms with Crippen molar-refractivity contribution in [2.75, 3.05) is 5.32 Å². The zero-order valence-electron chi connectivity index (χ0n) is 15.0. The fourth-order valence-corrected chi connectivity index (χ4v) is 2.99. The van der Waals surface area contributed by atoms with E-state index in [1.54, 1.807) is 28.8 Å². The molecule has 1 amide bonds. The largest absolute Gasteiger partial charge is 0.322 e. The van der Waals surface area contributed by atoms with Gasteiger partial charge in [0, 0.05) is 22.3 Å². The summed E-state index contributed by atoms with van der Waals surface area (Å²) in [5.74, 6) is 0.0560. The molecule has 144 valence electrons. The van der Waals surface area contributed by atoms with Crippen molar-refractivity contribution in [3.05, 3.63) is 81.1 Å². The monoisotopic (exact) mass is 408 g/mol. The highest BCUT2D eigenvalue weighted by Crippen LogP contribution is 2.25. The maximum Gasteiger partial charge on any atom is 0.282 e. The van der Waals surface area contributed by atoms with Crippen LogP contribution >= 0.6 is 11.6 Å². The third-order valence-corrected chi connectivity index (χ3v) is 4.49. The lowest BCUT2D eigenvalue weighted by Gasteiger charge is -2.08. The van der Waals surface area contributed by atoms with E-state index in [1.807, 2.05) is 19.1 Å². The molecule has 0 aliphatic carbocycles. The van der Waals surface area contributed by atoms with Crippen LogP contribution in [0.4, 0.5) is 11.4 Å². The van der Waals surface area contributed by atoms with Crippen LogP contribution in [-0.2, 0) is 0 Å². The number of anilines is 1. The van der Waals surface area contributed by atoms with E-state index in [0.717, 1.165) is 5.56 Å². The van der Waals surface area contributed by atoms with Crippen LogP contribution in [0.25, 0.3) is 16.9 Å². The Morgan fingerprint density at radius 2 is 1.86 bits per heavy atom. The molecule has 9 nitrogen and oxygen atoms in total. The molecule has 1 N–H and O–H groups in total. The summed E-state index contributed by atoms with van der Waals surface area (Å²) in [5, 5.41) is 26.5. The predicted molar refractivity (Wildman–Crippen MR) is 107 cm³/mol. The van der Waals surface area contributed by atoms with Crippen molar-refractivity contribution in [2.24, 2.45) is 0 Å². The number of aryl methyl sites for hydroxylation is 1. The Morgan fingerprint density at radius 3 is 2.59 bits per heavy atom. The number of nitrogens with one attached hydrogen (secondary N) is 1. The molecule has 0 saturated heterocycles. The van der Waals surface area contributed by atoms with Crippen LogP contribution in [0.15, 0.2) is 54.6 Å². The predicted octanol–water partition coefficient (Wildman–Crippen LogP) is 3.91. The lowest BCUT2D eigenvalue weighted by atomic mass is 10.1. The number of carbonyl (C=O) groups is 1. The number of carbonyl (C=O) groups excluding carboxylic acids is 1. The number of hydrogen-bond acceptors (Lipinski definition) is 6. The van der Waals surface area contributed by atoms with Crippen LogP contribution in [0.2, 0.25) is 5.02 Å². The van der Waals surface area contributed by atoms with E-state index >= 15 is 0 Å². The number of hydrogen-bond donors (Lipinski definition) is 1. The van der Waals surface area contributed by atoms with E-state index < -0.39 is 10.8 Å². The SMILES string of the molecule is Cc1nnc2ccc(-c3ccc(NC(=O)c4cc(Cl)ccc4[N+](=O)[O-])cc3)nn12. The highest BCUT2D eigenvalue weighted by Gasteiger charge is 2.20. The smallest absolute Gasteiger partial charge is 0.282 e. The molecule has 0 atom stereocenters. The number of amides is 1. The van der Waals surface area contributed by atoms with E-state index in [2.05, 4.69) is 20.6 Å². The maximum absolute atomic E-state index is 12.5. The summed E-state index contributed by atoms with van der Waals surface area (Å²) in [6, 6.07) is 14.4. The average Bonchev–Trinajstić information content (AvgIpc) is 3.08. The quantitative estimate of drug-likeness (QED) is 0.404. The second-order valence-corrected chi connectivity index (χ2v) is 6.62. The molecule has 4 rings (SSSR count). The van der Waals surface area contributed by atoms with Crippen molar-refractivity contribution in [2.45, 2.75) is 6.92 Å². The molecule has 0 bridgehead atoms. The second kappa shape index (κ2) is 7.28. The summed E-state index contributed by atoms with van der Waals surface area (Å²) in [7, 11) is 0. The molecule has 0 radical (unpaired) electrons. The van der Waals surface area contributed by atoms with Crippen LogP contribution in [-0.4, -0.2) is 30.6 Å². The topological polar surface area (TPSA) is 115 Å². The third kappa shape index (κ3) is 3.63. The van der Waals surface area contributed by atoms with E-state index in [9.17, 15) is 14.9 Å². The van der Waals surface area contributed by atoms with Crippen LogP contribution in [0.3, 0.4) is 0 Å². The number of nitro benzene ring substituents is 1. The molecule has 2 aromatic heterocycles. The Kier molecular flexibility index (Phi) is 4.65. The van der Waals surface area contributed by atoms with Crippen molar-refractivity contribution >= 4 is 34.5 Å². The van der Waals surface area contributed by atoms with Crippen molar-refractivity contribution < 1.29 is 9.72 Å². The minimum atomic E-state index is -0.622. The Morgan fingerprint density at radius 1 is 1.10 bits per heavy atom. The summed E-state index contributed by atoms with van der Waals surface area (Å²) < 4.78 is 1.64. The summed E-state index contributed by atoms with van der Waals surface area (Å²) in [6.45, 7) is 1.81. The zero-order chi connectivity index (χ0) is 20.5. The molecule has 0 spiro atoms. The molecule has 0 unspecified atom stereocenters. The van der Waals surface area contributed by atoms with E-state index in [4.69, 9.17) is 11.6 Å². The number of nitro groups is 1. The maximum atomic E-state index is 12.5. The first-order valence-electron chi connectivity index (χ1n) is 8.47. The van der Waals surface area contributed by atoms with Gasteiger partial charge in [0.2, 0.25) is 0 Å². The van der Waals surface area contributed by atoms with Crippen molar-refractivity contribution in [3.8, 4) is 11.3 Å². The molecule has 0 aliphatic heterocycles. The normalized spacial score (nSPS) is 10.8. The molecule has 2 aromatic carbocycles. The number of aromatic nitrogens is 4. The average molecular weight is 409 g/mol. The first-order valence-corrected chi connectivity index (χ1v) is 8.85. The number of benzene rings is 2. The first-order chi connectivity index (χ1) is 13.9. The van der Waals surface area contributed by atoms with Crippen molar-refractivity contribution in [3.63, 3.8) is 0 Å². The Labute approximate surface area is 169 Å².